The Balaban J connectivity index is 1.75. The molecule has 0 amide bonds. The zero-order chi connectivity index (χ0) is 12.8. The van der Waals surface area contributed by atoms with Crippen molar-refractivity contribution in [3.63, 3.8) is 0 Å². The Labute approximate surface area is 104 Å². The first kappa shape index (κ1) is 13.4. The van der Waals surface area contributed by atoms with Crippen LogP contribution in [0.1, 0.15) is 30.5 Å². The van der Waals surface area contributed by atoms with Gasteiger partial charge in [-0.25, -0.2) is 8.78 Å². The number of ether oxygens (including phenoxy) is 1. The highest BCUT2D eigenvalue weighted by Gasteiger charge is 2.21. The van der Waals surface area contributed by atoms with Gasteiger partial charge in [0.25, 0.3) is 6.43 Å². The molecule has 1 fully saturated rings. The van der Waals surface area contributed by atoms with Gasteiger partial charge in [0.15, 0.2) is 5.82 Å². The molecule has 102 valence electrons. The van der Waals surface area contributed by atoms with Crippen LogP contribution in [-0.4, -0.2) is 42.9 Å². The van der Waals surface area contributed by atoms with Gasteiger partial charge in [-0.3, -0.25) is 0 Å². The van der Waals surface area contributed by atoms with Crippen LogP contribution in [0.15, 0.2) is 4.52 Å². The van der Waals surface area contributed by atoms with Crippen LogP contribution in [0.2, 0.25) is 0 Å². The summed E-state index contributed by atoms with van der Waals surface area (Å²) in [4.78, 5) is 4.27. The van der Waals surface area contributed by atoms with E-state index in [0.717, 1.165) is 25.9 Å². The number of aromatic nitrogens is 2. The molecule has 5 nitrogen and oxygen atoms in total. The molecule has 0 aromatic carbocycles. The molecule has 7 heteroatoms. The monoisotopic (exact) mass is 261 g/mol. The lowest BCUT2D eigenvalue weighted by Crippen LogP contribution is -2.28. The van der Waals surface area contributed by atoms with Crippen LogP contribution >= 0.6 is 0 Å². The molecule has 2 rings (SSSR count). The van der Waals surface area contributed by atoms with E-state index in [1.54, 1.807) is 0 Å². The second kappa shape index (κ2) is 6.75. The Morgan fingerprint density at radius 3 is 3.11 bits per heavy atom. The fourth-order valence-corrected chi connectivity index (χ4v) is 1.93. The van der Waals surface area contributed by atoms with Gasteiger partial charge in [0.2, 0.25) is 5.89 Å². The normalized spacial score (nSPS) is 20.5. The summed E-state index contributed by atoms with van der Waals surface area (Å²) in [7, 11) is 0. The first-order valence-corrected chi connectivity index (χ1v) is 6.15. The van der Waals surface area contributed by atoms with Gasteiger partial charge < -0.3 is 14.6 Å². The van der Waals surface area contributed by atoms with Crippen molar-refractivity contribution in [1.29, 1.82) is 0 Å². The van der Waals surface area contributed by atoms with Crippen LogP contribution in [0.4, 0.5) is 8.78 Å². The Hall–Kier alpha value is -1.08. The molecule has 1 aliphatic heterocycles. The van der Waals surface area contributed by atoms with E-state index in [-0.39, 0.29) is 12.5 Å². The van der Waals surface area contributed by atoms with E-state index in [1.807, 2.05) is 0 Å². The molecule has 0 bridgehead atoms. The SMILES string of the molecule is FC(F)COCCc1noc([C@@H]2CCCNC2)n1. The minimum Gasteiger partial charge on any atom is -0.375 e. The standard InChI is InChI=1S/C11H17F2N3O2/c12-9(13)7-17-5-3-10-15-11(18-16-10)8-2-1-4-14-6-8/h8-9,14H,1-7H2/t8-/m1/s1. The van der Waals surface area contributed by atoms with Crippen LogP contribution in [0, 0.1) is 0 Å². The van der Waals surface area contributed by atoms with Gasteiger partial charge in [-0.05, 0) is 19.4 Å². The van der Waals surface area contributed by atoms with Crippen LogP contribution in [-0.2, 0) is 11.2 Å². The van der Waals surface area contributed by atoms with Gasteiger partial charge in [0, 0.05) is 13.0 Å². The van der Waals surface area contributed by atoms with E-state index in [4.69, 9.17) is 9.26 Å². The Bertz CT molecular complexity index is 354. The summed E-state index contributed by atoms with van der Waals surface area (Å²) in [6, 6.07) is 0. The molecule has 0 saturated carbocycles. The first-order valence-electron chi connectivity index (χ1n) is 6.15. The average Bonchev–Trinajstić information content (AvgIpc) is 2.84. The predicted molar refractivity (Wildman–Crippen MR) is 59.7 cm³/mol. The van der Waals surface area contributed by atoms with Crippen molar-refractivity contribution in [2.75, 3.05) is 26.3 Å². The number of piperidine rings is 1. The quantitative estimate of drug-likeness (QED) is 0.783. The largest absolute Gasteiger partial charge is 0.375 e. The molecule has 0 aliphatic carbocycles. The molecule has 1 aliphatic rings. The van der Waals surface area contributed by atoms with E-state index >= 15 is 0 Å². The summed E-state index contributed by atoms with van der Waals surface area (Å²) in [5.74, 6) is 1.41. The van der Waals surface area contributed by atoms with Crippen LogP contribution in [0.3, 0.4) is 0 Å². The van der Waals surface area contributed by atoms with Crippen LogP contribution in [0.25, 0.3) is 0 Å². The molecule has 1 N–H and O–H groups in total. The van der Waals surface area contributed by atoms with E-state index in [9.17, 15) is 8.78 Å². The minimum atomic E-state index is -2.43. The van der Waals surface area contributed by atoms with Crippen LogP contribution in [0.5, 0.6) is 0 Å². The zero-order valence-corrected chi connectivity index (χ0v) is 10.1. The van der Waals surface area contributed by atoms with Crippen molar-refractivity contribution in [3.05, 3.63) is 11.7 Å². The van der Waals surface area contributed by atoms with Gasteiger partial charge in [-0.1, -0.05) is 5.16 Å². The van der Waals surface area contributed by atoms with Gasteiger partial charge in [0.1, 0.15) is 6.61 Å². The fourth-order valence-electron chi connectivity index (χ4n) is 1.93. The Morgan fingerprint density at radius 2 is 2.39 bits per heavy atom. The topological polar surface area (TPSA) is 60.2 Å². The Kier molecular flexibility index (Phi) is 5.00. The number of hydrogen-bond donors (Lipinski definition) is 1. The smallest absolute Gasteiger partial charge is 0.261 e. The van der Waals surface area contributed by atoms with E-state index in [1.165, 1.54) is 0 Å². The predicted octanol–water partition coefficient (Wildman–Crippen LogP) is 1.36. The van der Waals surface area contributed by atoms with Crippen molar-refractivity contribution in [1.82, 2.24) is 15.5 Å². The molecule has 0 unspecified atom stereocenters. The summed E-state index contributed by atoms with van der Waals surface area (Å²) in [6.45, 7) is 1.52. The maximum Gasteiger partial charge on any atom is 0.261 e. The number of hydrogen-bond acceptors (Lipinski definition) is 5. The average molecular weight is 261 g/mol. The third-order valence-electron chi connectivity index (χ3n) is 2.84. The molecule has 18 heavy (non-hydrogen) atoms. The molecular formula is C11H17F2N3O2. The van der Waals surface area contributed by atoms with Gasteiger partial charge in [-0.2, -0.15) is 4.98 Å². The summed E-state index contributed by atoms with van der Waals surface area (Å²) < 4.78 is 33.6. The number of nitrogens with zero attached hydrogens (tertiary/aromatic N) is 2. The third-order valence-corrected chi connectivity index (χ3v) is 2.84. The number of nitrogens with one attached hydrogen (secondary N) is 1. The molecule has 0 radical (unpaired) electrons. The minimum absolute atomic E-state index is 0.187. The lowest BCUT2D eigenvalue weighted by molar-refractivity contribution is 0.0182. The van der Waals surface area contributed by atoms with Crippen molar-refractivity contribution in [2.24, 2.45) is 0 Å². The lowest BCUT2D eigenvalue weighted by atomic mass is 10.00. The van der Waals surface area contributed by atoms with E-state index < -0.39 is 13.0 Å². The summed E-state index contributed by atoms with van der Waals surface area (Å²) in [5, 5.41) is 7.10. The molecule has 1 aromatic heterocycles. The fraction of sp³-hybridized carbons (Fsp3) is 0.818. The zero-order valence-electron chi connectivity index (χ0n) is 10.1. The maximum atomic E-state index is 11.8. The Morgan fingerprint density at radius 1 is 1.50 bits per heavy atom. The second-order valence-corrected chi connectivity index (χ2v) is 4.31. The lowest BCUT2D eigenvalue weighted by Gasteiger charge is -2.18. The molecule has 1 saturated heterocycles. The third kappa shape index (κ3) is 3.99. The van der Waals surface area contributed by atoms with Gasteiger partial charge in [0.05, 0.1) is 12.5 Å². The number of alkyl halides is 2. The van der Waals surface area contributed by atoms with E-state index in [2.05, 4.69) is 15.5 Å². The molecule has 1 aromatic rings. The van der Waals surface area contributed by atoms with Crippen molar-refractivity contribution < 1.29 is 18.0 Å². The van der Waals surface area contributed by atoms with Gasteiger partial charge in [-0.15, -0.1) is 0 Å². The maximum absolute atomic E-state index is 11.8. The van der Waals surface area contributed by atoms with Gasteiger partial charge >= 0.3 is 0 Å². The molecule has 1 atom stereocenters. The highest BCUT2D eigenvalue weighted by molar-refractivity contribution is 4.96. The summed E-state index contributed by atoms with van der Waals surface area (Å²) in [6.07, 6.45) is 0.103. The number of rotatable bonds is 6. The van der Waals surface area contributed by atoms with Crippen molar-refractivity contribution >= 4 is 0 Å². The molecular weight excluding hydrogens is 244 g/mol. The summed E-state index contributed by atoms with van der Waals surface area (Å²) >= 11 is 0. The summed E-state index contributed by atoms with van der Waals surface area (Å²) in [5.41, 5.74) is 0. The second-order valence-electron chi connectivity index (χ2n) is 4.31. The molecule has 2 heterocycles. The molecule has 0 spiro atoms. The number of halogens is 2. The van der Waals surface area contributed by atoms with Crippen LogP contribution < -0.4 is 5.32 Å². The highest BCUT2D eigenvalue weighted by Crippen LogP contribution is 2.21. The van der Waals surface area contributed by atoms with E-state index in [0.29, 0.717) is 18.1 Å². The highest BCUT2D eigenvalue weighted by atomic mass is 19.3. The first-order chi connectivity index (χ1) is 8.75. The van der Waals surface area contributed by atoms with Crippen molar-refractivity contribution in [2.45, 2.75) is 31.6 Å². The van der Waals surface area contributed by atoms with Crippen molar-refractivity contribution in [3.8, 4) is 0 Å².